The second-order valence-electron chi connectivity index (χ2n) is 6.20. The van der Waals surface area contributed by atoms with Crippen molar-refractivity contribution in [2.75, 3.05) is 28.4 Å². The number of hydrogen-bond acceptors (Lipinski definition) is 7. The van der Waals surface area contributed by atoms with Gasteiger partial charge in [0.2, 0.25) is 0 Å². The van der Waals surface area contributed by atoms with Crippen LogP contribution in [0.3, 0.4) is 0 Å². The van der Waals surface area contributed by atoms with Gasteiger partial charge in [-0.15, -0.1) is 0 Å². The maximum Gasteiger partial charge on any atom is 0.341 e. The Morgan fingerprint density at radius 1 is 0.667 bits per heavy atom. The van der Waals surface area contributed by atoms with Crippen molar-refractivity contribution in [2.24, 2.45) is 0 Å². The standard InChI is InChI=1S/C21H20Br2O7/c1-9-11(7-13(20(25)29-5)18(27-3)15(9)22)17(24)12-8-14(21(26)30-6)19(28-4)16(23)10(12)2/h7-8H,1-6H3. The zero-order valence-electron chi connectivity index (χ0n) is 17.3. The molecule has 0 N–H and O–H groups in total. The average Bonchev–Trinajstić information content (AvgIpc) is 2.75. The fraction of sp³-hybridized carbons (Fsp3) is 0.286. The second-order valence-corrected chi connectivity index (χ2v) is 7.79. The van der Waals surface area contributed by atoms with Gasteiger partial charge in [-0.25, -0.2) is 9.59 Å². The van der Waals surface area contributed by atoms with E-state index in [1.54, 1.807) is 13.8 Å². The highest BCUT2D eigenvalue weighted by atomic mass is 79.9. The van der Waals surface area contributed by atoms with E-state index in [0.717, 1.165) is 0 Å². The summed E-state index contributed by atoms with van der Waals surface area (Å²) in [5.41, 5.74) is 1.82. The minimum atomic E-state index is -0.649. The van der Waals surface area contributed by atoms with E-state index in [1.807, 2.05) is 0 Å². The fourth-order valence-corrected chi connectivity index (χ4v) is 4.17. The number of carbonyl (C=O) groups excluding carboxylic acids is 3. The molecule has 0 aliphatic heterocycles. The number of hydrogen-bond donors (Lipinski definition) is 0. The van der Waals surface area contributed by atoms with Crippen molar-refractivity contribution in [1.82, 2.24) is 0 Å². The number of methoxy groups -OCH3 is 4. The minimum Gasteiger partial charge on any atom is -0.495 e. The Hall–Kier alpha value is -2.39. The van der Waals surface area contributed by atoms with Gasteiger partial charge in [0.25, 0.3) is 0 Å². The van der Waals surface area contributed by atoms with Gasteiger partial charge in [0, 0.05) is 11.1 Å². The topological polar surface area (TPSA) is 88.1 Å². The van der Waals surface area contributed by atoms with Crippen LogP contribution in [0.4, 0.5) is 0 Å². The zero-order chi connectivity index (χ0) is 22.7. The highest BCUT2D eigenvalue weighted by Crippen LogP contribution is 2.39. The van der Waals surface area contributed by atoms with Crippen LogP contribution in [0.2, 0.25) is 0 Å². The smallest absolute Gasteiger partial charge is 0.341 e. The van der Waals surface area contributed by atoms with Gasteiger partial charge in [-0.3, -0.25) is 4.79 Å². The van der Waals surface area contributed by atoms with E-state index >= 15 is 0 Å². The van der Waals surface area contributed by atoms with Gasteiger partial charge < -0.3 is 18.9 Å². The van der Waals surface area contributed by atoms with Gasteiger partial charge >= 0.3 is 11.9 Å². The lowest BCUT2D eigenvalue weighted by Gasteiger charge is -2.18. The van der Waals surface area contributed by atoms with Crippen molar-refractivity contribution >= 4 is 49.6 Å². The SMILES string of the molecule is COC(=O)c1cc(C(=O)c2cc(C(=O)OC)c(OC)c(Br)c2C)c(C)c(Br)c1OC. The monoisotopic (exact) mass is 542 g/mol. The van der Waals surface area contributed by atoms with E-state index in [1.165, 1.54) is 40.6 Å². The second kappa shape index (κ2) is 9.61. The van der Waals surface area contributed by atoms with Gasteiger partial charge in [0.1, 0.15) is 22.6 Å². The van der Waals surface area contributed by atoms with E-state index in [0.29, 0.717) is 20.1 Å². The van der Waals surface area contributed by atoms with Crippen molar-refractivity contribution in [1.29, 1.82) is 0 Å². The molecule has 0 atom stereocenters. The number of rotatable bonds is 6. The molecule has 0 saturated heterocycles. The average molecular weight is 544 g/mol. The lowest BCUT2D eigenvalue weighted by molar-refractivity contribution is 0.0587. The predicted octanol–water partition coefficient (Wildman–Crippen LogP) is 4.65. The summed E-state index contributed by atoms with van der Waals surface area (Å²) in [6, 6.07) is 2.84. The lowest BCUT2D eigenvalue weighted by Crippen LogP contribution is -2.14. The van der Waals surface area contributed by atoms with Gasteiger partial charge in [-0.2, -0.15) is 0 Å². The molecule has 2 rings (SSSR count). The molecule has 0 saturated carbocycles. The summed E-state index contributed by atoms with van der Waals surface area (Å²) in [5, 5.41) is 0. The molecule has 2 aromatic carbocycles. The molecule has 0 radical (unpaired) electrons. The van der Waals surface area contributed by atoms with E-state index in [2.05, 4.69) is 31.9 Å². The van der Waals surface area contributed by atoms with Crippen LogP contribution in [0.15, 0.2) is 21.1 Å². The molecule has 0 fully saturated rings. The first-order valence-electron chi connectivity index (χ1n) is 8.59. The first kappa shape index (κ1) is 23.9. The molecule has 0 spiro atoms. The maximum atomic E-state index is 13.5. The molecule has 2 aromatic rings. The van der Waals surface area contributed by atoms with Gasteiger partial charge in [-0.1, -0.05) is 0 Å². The molecule has 0 heterocycles. The third-order valence-corrected chi connectivity index (χ3v) is 6.55. The van der Waals surface area contributed by atoms with Crippen LogP contribution in [0, 0.1) is 13.8 Å². The third-order valence-electron chi connectivity index (χ3n) is 4.64. The number of halogens is 2. The van der Waals surface area contributed by atoms with Gasteiger partial charge in [0.05, 0.1) is 37.4 Å². The summed E-state index contributed by atoms with van der Waals surface area (Å²) in [7, 11) is 5.32. The summed E-state index contributed by atoms with van der Waals surface area (Å²) in [6.45, 7) is 3.44. The van der Waals surface area contributed by atoms with Crippen molar-refractivity contribution in [3.05, 3.63) is 54.5 Å². The fourth-order valence-electron chi connectivity index (χ4n) is 2.99. The van der Waals surface area contributed by atoms with Crippen molar-refractivity contribution in [3.8, 4) is 11.5 Å². The Labute approximate surface area is 190 Å². The summed E-state index contributed by atoms with van der Waals surface area (Å²) in [6.07, 6.45) is 0. The molecular weight excluding hydrogens is 524 g/mol. The zero-order valence-corrected chi connectivity index (χ0v) is 20.4. The summed E-state index contributed by atoms with van der Waals surface area (Å²) in [4.78, 5) is 38.0. The van der Waals surface area contributed by atoms with E-state index in [-0.39, 0.29) is 33.8 Å². The summed E-state index contributed by atoms with van der Waals surface area (Å²) < 4.78 is 21.2. The largest absolute Gasteiger partial charge is 0.495 e. The molecule has 30 heavy (non-hydrogen) atoms. The highest BCUT2D eigenvalue weighted by Gasteiger charge is 2.27. The first-order valence-corrected chi connectivity index (χ1v) is 10.2. The number of esters is 2. The summed E-state index contributed by atoms with van der Waals surface area (Å²) in [5.74, 6) is -1.17. The molecule has 0 bridgehead atoms. The molecule has 9 heteroatoms. The quantitative estimate of drug-likeness (QED) is 0.387. The summed E-state index contributed by atoms with van der Waals surface area (Å²) >= 11 is 6.79. The molecule has 0 unspecified atom stereocenters. The van der Waals surface area contributed by atoms with Crippen LogP contribution in [0.1, 0.15) is 47.8 Å². The van der Waals surface area contributed by atoms with Crippen LogP contribution in [-0.2, 0) is 9.47 Å². The number of carbonyl (C=O) groups is 3. The molecule has 160 valence electrons. The van der Waals surface area contributed by atoms with Gasteiger partial charge in [0.15, 0.2) is 5.78 Å². The Morgan fingerprint density at radius 2 is 1.00 bits per heavy atom. The normalized spacial score (nSPS) is 10.4. The van der Waals surface area contributed by atoms with Crippen LogP contribution < -0.4 is 9.47 Å². The van der Waals surface area contributed by atoms with Crippen LogP contribution in [0.5, 0.6) is 11.5 Å². The van der Waals surface area contributed by atoms with Crippen LogP contribution in [0.25, 0.3) is 0 Å². The van der Waals surface area contributed by atoms with Gasteiger partial charge in [-0.05, 0) is 69.0 Å². The Kier molecular flexibility index (Phi) is 7.65. The van der Waals surface area contributed by atoms with E-state index in [9.17, 15) is 14.4 Å². The molecular formula is C21H20Br2O7. The van der Waals surface area contributed by atoms with E-state index < -0.39 is 17.7 Å². The Morgan fingerprint density at radius 3 is 1.27 bits per heavy atom. The number of benzene rings is 2. The molecule has 0 aliphatic carbocycles. The Bertz CT molecular complexity index is 963. The predicted molar refractivity (Wildman–Crippen MR) is 117 cm³/mol. The Balaban J connectivity index is 2.81. The van der Waals surface area contributed by atoms with Crippen molar-refractivity contribution in [2.45, 2.75) is 13.8 Å². The molecule has 0 aliphatic rings. The highest BCUT2D eigenvalue weighted by molar-refractivity contribution is 9.11. The maximum absolute atomic E-state index is 13.5. The minimum absolute atomic E-state index is 0.0965. The van der Waals surface area contributed by atoms with Crippen molar-refractivity contribution < 1.29 is 33.3 Å². The first-order chi connectivity index (χ1) is 14.1. The molecule has 7 nitrogen and oxygen atoms in total. The lowest BCUT2D eigenvalue weighted by atomic mass is 9.92. The van der Waals surface area contributed by atoms with Crippen molar-refractivity contribution in [3.63, 3.8) is 0 Å². The third kappa shape index (κ3) is 4.09. The molecule has 0 aromatic heterocycles. The van der Waals surface area contributed by atoms with Crippen LogP contribution >= 0.6 is 31.9 Å². The van der Waals surface area contributed by atoms with Crippen LogP contribution in [-0.4, -0.2) is 46.2 Å². The number of ether oxygens (including phenoxy) is 4. The molecule has 0 amide bonds. The van der Waals surface area contributed by atoms with E-state index in [4.69, 9.17) is 18.9 Å². The number of ketones is 1.